The molecule has 20 heavy (non-hydrogen) atoms. The minimum absolute atomic E-state index is 0.00315. The van der Waals surface area contributed by atoms with E-state index in [4.69, 9.17) is 4.74 Å². The molecule has 1 atom stereocenters. The summed E-state index contributed by atoms with van der Waals surface area (Å²) in [7, 11) is 1.63. The monoisotopic (exact) mass is 291 g/mol. The molecule has 1 aromatic rings. The molecule has 1 N–H and O–H groups in total. The highest BCUT2D eigenvalue weighted by atomic mass is 32.2. The maximum Gasteiger partial charge on any atom is 0.239 e. The normalized spacial score (nSPS) is 20.9. The molecular formula is C14H17N3O2S. The van der Waals surface area contributed by atoms with Crippen LogP contribution in [0.3, 0.4) is 0 Å². The molecule has 2 rings (SSSR count). The maximum atomic E-state index is 11.7. The minimum Gasteiger partial charge on any atom is -0.497 e. The molecule has 1 amide bonds. The topological polar surface area (TPSA) is 63.1 Å². The van der Waals surface area contributed by atoms with Crippen molar-refractivity contribution in [2.45, 2.75) is 19.1 Å². The maximum absolute atomic E-state index is 11.7. The lowest BCUT2D eigenvalue weighted by Crippen LogP contribution is -2.27. The molecule has 0 radical (unpaired) electrons. The van der Waals surface area contributed by atoms with E-state index in [0.29, 0.717) is 5.17 Å². The smallest absolute Gasteiger partial charge is 0.239 e. The Labute approximate surface area is 122 Å². The summed E-state index contributed by atoms with van der Waals surface area (Å²) >= 11 is 1.42. The molecule has 1 aliphatic rings. The Balaban J connectivity index is 1.98. The molecule has 106 valence electrons. The predicted molar refractivity (Wildman–Crippen MR) is 82.4 cm³/mol. The number of amidine groups is 1. The molecule has 1 unspecified atom stereocenters. The van der Waals surface area contributed by atoms with Gasteiger partial charge in [-0.3, -0.25) is 4.79 Å². The zero-order valence-corrected chi connectivity index (χ0v) is 12.5. The summed E-state index contributed by atoms with van der Waals surface area (Å²) in [6, 6.07) is 7.49. The molecule has 0 aliphatic carbocycles. The van der Waals surface area contributed by atoms with Gasteiger partial charge in [0.15, 0.2) is 5.17 Å². The molecule has 5 nitrogen and oxygen atoms in total. The van der Waals surface area contributed by atoms with Crippen LogP contribution in [0, 0.1) is 5.92 Å². The van der Waals surface area contributed by atoms with E-state index < -0.39 is 0 Å². The number of nitrogens with one attached hydrogen (secondary N) is 1. The number of rotatable bonds is 4. The molecule has 1 heterocycles. The SMILES string of the molecule is COc1ccc(/C=N/N=C2\NC(=O)C(C(C)C)S2)cc1. The Morgan fingerprint density at radius 2 is 2.05 bits per heavy atom. The number of ether oxygens (including phenoxy) is 1. The van der Waals surface area contributed by atoms with Crippen LogP contribution in [0.5, 0.6) is 5.75 Å². The fraction of sp³-hybridized carbons (Fsp3) is 0.357. The van der Waals surface area contributed by atoms with E-state index in [1.807, 2.05) is 38.1 Å². The second-order valence-electron chi connectivity index (χ2n) is 4.69. The van der Waals surface area contributed by atoms with Crippen LogP contribution in [-0.4, -0.2) is 29.6 Å². The fourth-order valence-corrected chi connectivity index (χ4v) is 2.64. The molecule has 1 aromatic carbocycles. The van der Waals surface area contributed by atoms with E-state index in [-0.39, 0.29) is 17.1 Å². The van der Waals surface area contributed by atoms with E-state index in [0.717, 1.165) is 11.3 Å². The number of hydrogen-bond acceptors (Lipinski definition) is 5. The van der Waals surface area contributed by atoms with Crippen molar-refractivity contribution in [3.05, 3.63) is 29.8 Å². The summed E-state index contributed by atoms with van der Waals surface area (Å²) < 4.78 is 5.08. The minimum atomic E-state index is -0.0788. The van der Waals surface area contributed by atoms with Gasteiger partial charge in [0.2, 0.25) is 5.91 Å². The Morgan fingerprint density at radius 1 is 1.35 bits per heavy atom. The second-order valence-corrected chi connectivity index (χ2v) is 5.82. The van der Waals surface area contributed by atoms with Gasteiger partial charge in [0.05, 0.1) is 18.6 Å². The number of amides is 1. The molecule has 6 heteroatoms. The predicted octanol–water partition coefficient (Wildman–Crippen LogP) is 2.27. The largest absolute Gasteiger partial charge is 0.497 e. The molecule has 1 saturated heterocycles. The molecule has 1 fully saturated rings. The first-order chi connectivity index (χ1) is 9.60. The van der Waals surface area contributed by atoms with Gasteiger partial charge >= 0.3 is 0 Å². The van der Waals surface area contributed by atoms with Crippen molar-refractivity contribution in [1.29, 1.82) is 0 Å². The summed E-state index contributed by atoms with van der Waals surface area (Å²) in [5, 5.41) is 11.2. The van der Waals surface area contributed by atoms with E-state index in [9.17, 15) is 4.79 Å². The molecular weight excluding hydrogens is 274 g/mol. The van der Waals surface area contributed by atoms with E-state index in [1.165, 1.54) is 11.8 Å². The van der Waals surface area contributed by atoms with Gasteiger partial charge in [-0.1, -0.05) is 25.6 Å². The first kappa shape index (κ1) is 14.6. The van der Waals surface area contributed by atoms with Gasteiger partial charge in [0.1, 0.15) is 5.75 Å². The van der Waals surface area contributed by atoms with Crippen molar-refractivity contribution >= 4 is 29.1 Å². The van der Waals surface area contributed by atoms with Crippen LogP contribution in [0.25, 0.3) is 0 Å². The number of carbonyl (C=O) groups is 1. The van der Waals surface area contributed by atoms with Gasteiger partial charge < -0.3 is 10.1 Å². The number of hydrogen-bond donors (Lipinski definition) is 1. The fourth-order valence-electron chi connectivity index (χ4n) is 1.71. The van der Waals surface area contributed by atoms with Crippen molar-refractivity contribution in [2.24, 2.45) is 16.1 Å². The number of thioether (sulfide) groups is 1. The van der Waals surface area contributed by atoms with Crippen LogP contribution < -0.4 is 10.1 Å². The lowest BCUT2D eigenvalue weighted by atomic mass is 10.1. The van der Waals surface area contributed by atoms with E-state index in [2.05, 4.69) is 15.5 Å². The molecule has 0 aromatic heterocycles. The average Bonchev–Trinajstić information content (AvgIpc) is 2.81. The van der Waals surface area contributed by atoms with E-state index >= 15 is 0 Å². The van der Waals surface area contributed by atoms with Crippen LogP contribution in [-0.2, 0) is 4.79 Å². The molecule has 1 aliphatic heterocycles. The summed E-state index contributed by atoms with van der Waals surface area (Å²) in [5.74, 6) is 1.08. The third kappa shape index (κ3) is 3.60. The van der Waals surface area contributed by atoms with Crippen molar-refractivity contribution < 1.29 is 9.53 Å². The third-order valence-electron chi connectivity index (χ3n) is 2.80. The standard InChI is InChI=1S/C14H17N3O2S/c1-9(2)12-13(18)16-14(20-12)17-15-8-10-4-6-11(19-3)7-5-10/h4-9,12H,1-3H3,(H,16,17,18)/b15-8+. The highest BCUT2D eigenvalue weighted by molar-refractivity contribution is 8.15. The molecule has 0 spiro atoms. The highest BCUT2D eigenvalue weighted by Crippen LogP contribution is 2.25. The summed E-state index contributed by atoms with van der Waals surface area (Å²) in [4.78, 5) is 11.7. The Kier molecular flexibility index (Phi) is 4.79. The Hall–Kier alpha value is -1.82. The summed E-state index contributed by atoms with van der Waals surface area (Å²) in [6.45, 7) is 4.03. The van der Waals surface area contributed by atoms with E-state index in [1.54, 1.807) is 13.3 Å². The van der Waals surface area contributed by atoms with Gasteiger partial charge in [-0.15, -0.1) is 5.10 Å². The quantitative estimate of drug-likeness (QED) is 0.683. The summed E-state index contributed by atoms with van der Waals surface area (Å²) in [5.41, 5.74) is 0.921. The zero-order valence-electron chi connectivity index (χ0n) is 11.7. The zero-order chi connectivity index (χ0) is 14.5. The van der Waals surface area contributed by atoms with Crippen LogP contribution in [0.1, 0.15) is 19.4 Å². The average molecular weight is 291 g/mol. The van der Waals surface area contributed by atoms with Crippen LogP contribution in [0.4, 0.5) is 0 Å². The van der Waals surface area contributed by atoms with Gasteiger partial charge in [-0.2, -0.15) is 5.10 Å². The highest BCUT2D eigenvalue weighted by Gasteiger charge is 2.32. The Bertz CT molecular complexity index is 538. The van der Waals surface area contributed by atoms with Gasteiger partial charge in [-0.25, -0.2) is 0 Å². The number of nitrogens with zero attached hydrogens (tertiary/aromatic N) is 2. The number of benzene rings is 1. The number of methoxy groups -OCH3 is 1. The van der Waals surface area contributed by atoms with Crippen molar-refractivity contribution in [1.82, 2.24) is 5.32 Å². The molecule has 0 saturated carbocycles. The van der Waals surface area contributed by atoms with Crippen molar-refractivity contribution in [3.8, 4) is 5.75 Å². The van der Waals surface area contributed by atoms with Gasteiger partial charge in [0, 0.05) is 0 Å². The van der Waals surface area contributed by atoms with Crippen LogP contribution in [0.15, 0.2) is 34.5 Å². The van der Waals surface area contributed by atoms with Crippen molar-refractivity contribution in [3.63, 3.8) is 0 Å². The lowest BCUT2D eigenvalue weighted by Gasteiger charge is -2.07. The summed E-state index contributed by atoms with van der Waals surface area (Å²) in [6.07, 6.45) is 1.64. The van der Waals surface area contributed by atoms with Crippen LogP contribution in [0.2, 0.25) is 0 Å². The Morgan fingerprint density at radius 3 is 2.60 bits per heavy atom. The first-order valence-electron chi connectivity index (χ1n) is 6.32. The number of carbonyl (C=O) groups excluding carboxylic acids is 1. The lowest BCUT2D eigenvalue weighted by molar-refractivity contribution is -0.119. The second kappa shape index (κ2) is 6.56. The first-order valence-corrected chi connectivity index (χ1v) is 7.20. The van der Waals surface area contributed by atoms with Crippen molar-refractivity contribution in [2.75, 3.05) is 7.11 Å². The molecule has 0 bridgehead atoms. The third-order valence-corrected chi connectivity index (χ3v) is 4.22. The van der Waals surface area contributed by atoms with Gasteiger partial charge in [-0.05, 0) is 35.7 Å². The van der Waals surface area contributed by atoms with Crippen LogP contribution >= 0.6 is 11.8 Å². The van der Waals surface area contributed by atoms with Gasteiger partial charge in [0.25, 0.3) is 0 Å².